The van der Waals surface area contributed by atoms with Crippen LogP contribution in [0, 0.1) is 0 Å². The Hall–Kier alpha value is -0.450. The molecule has 0 amide bonds. The summed E-state index contributed by atoms with van der Waals surface area (Å²) in [6, 6.07) is 0. The summed E-state index contributed by atoms with van der Waals surface area (Å²) in [5, 5.41) is 0. The van der Waals surface area contributed by atoms with Crippen LogP contribution in [0.2, 0.25) is 0 Å². The number of hydrogen-bond acceptors (Lipinski definition) is 2. The van der Waals surface area contributed by atoms with Crippen LogP contribution in [0.15, 0.2) is 9.04 Å². The summed E-state index contributed by atoms with van der Waals surface area (Å²) in [5.41, 5.74) is 0. The Morgan fingerprint density at radius 1 is 1.20 bits per heavy atom. The Labute approximate surface area is 28.7 Å². The van der Waals surface area contributed by atoms with E-state index < -0.39 is 10.2 Å². The summed E-state index contributed by atoms with van der Waals surface area (Å²) >= 11 is 0. The Balaban J connectivity index is 3.28. The van der Waals surface area contributed by atoms with Crippen LogP contribution in [0.5, 0.6) is 0 Å². The Morgan fingerprint density at radius 3 is 1.40 bits per heavy atom. The topological polar surface area (TPSA) is 58.9 Å². The zero-order chi connectivity index (χ0) is 3.91. The lowest BCUT2D eigenvalue weighted by atomic mass is 13.3. The minimum absolute atomic E-state index is 2.63. The summed E-state index contributed by atoms with van der Waals surface area (Å²) in [4.78, 5) is 0. The molecule has 1 heterocycles. The van der Waals surface area contributed by atoms with Gasteiger partial charge in [0.2, 0.25) is 0 Å². The van der Waals surface area contributed by atoms with Gasteiger partial charge in [-0.1, -0.05) is 0 Å². The largest absolute Gasteiger partial charge is 0.399 e. The standard InChI is InChI=1S/N2O2S/c3-5(4)1-2-5. The molecule has 0 N–H and O–H groups in total. The van der Waals surface area contributed by atoms with E-state index in [1.54, 1.807) is 0 Å². The maximum absolute atomic E-state index is 9.41. The van der Waals surface area contributed by atoms with Gasteiger partial charge in [-0.05, 0) is 9.04 Å². The first-order valence-corrected chi connectivity index (χ1v) is 2.30. The van der Waals surface area contributed by atoms with E-state index in [0.29, 0.717) is 0 Å². The first-order chi connectivity index (χ1) is 2.21. The minimum atomic E-state index is -3.17. The lowest BCUT2D eigenvalue weighted by Gasteiger charge is -1.39. The second-order valence-corrected chi connectivity index (χ2v) is 1.83. The molecule has 0 aromatic carbocycles. The molecule has 0 spiro atoms. The third kappa shape index (κ3) is 0.412. The molecule has 0 atom stereocenters. The molecule has 0 aromatic rings. The summed E-state index contributed by atoms with van der Waals surface area (Å²) in [5.74, 6) is 0. The third-order valence-corrected chi connectivity index (χ3v) is 0.645. The summed E-state index contributed by atoms with van der Waals surface area (Å²) in [6.45, 7) is 0. The molecular weight excluding hydrogens is 92.1 g/mol. The van der Waals surface area contributed by atoms with Crippen molar-refractivity contribution in [3.8, 4) is 0 Å². The van der Waals surface area contributed by atoms with Crippen LogP contribution in [-0.4, -0.2) is 8.42 Å². The predicted octanol–water partition coefficient (Wildman–Crippen LogP) is -0.303. The van der Waals surface area contributed by atoms with Gasteiger partial charge in [0, 0.05) is 0 Å². The molecule has 0 radical (unpaired) electrons. The van der Waals surface area contributed by atoms with E-state index in [0.717, 1.165) is 0 Å². The SMILES string of the molecule is O=S1(=O)N=N1. The van der Waals surface area contributed by atoms with Crippen molar-refractivity contribution in [3.05, 3.63) is 0 Å². The highest BCUT2D eigenvalue weighted by Crippen LogP contribution is 2.09. The van der Waals surface area contributed by atoms with E-state index in [4.69, 9.17) is 0 Å². The first kappa shape index (κ1) is 2.77. The third-order valence-electron chi connectivity index (χ3n) is 0.215. The van der Waals surface area contributed by atoms with Gasteiger partial charge in [0.05, 0.1) is 0 Å². The van der Waals surface area contributed by atoms with Crippen LogP contribution >= 0.6 is 0 Å². The second-order valence-electron chi connectivity index (χ2n) is 0.611. The molecule has 0 fully saturated rings. The number of nitrogens with zero attached hydrogens (tertiary/aromatic N) is 2. The van der Waals surface area contributed by atoms with Gasteiger partial charge in [-0.15, -0.1) is 0 Å². The number of rotatable bonds is 0. The fourth-order valence-corrected chi connectivity index (χ4v) is 0.245. The molecule has 5 heteroatoms. The van der Waals surface area contributed by atoms with Gasteiger partial charge in [0.1, 0.15) is 0 Å². The molecule has 0 bridgehead atoms. The van der Waals surface area contributed by atoms with E-state index in [2.05, 4.69) is 9.04 Å². The van der Waals surface area contributed by atoms with Gasteiger partial charge in [0.25, 0.3) is 0 Å². The molecule has 1 aliphatic heterocycles. The zero-order valence-corrected chi connectivity index (χ0v) is 2.94. The second kappa shape index (κ2) is 0.405. The van der Waals surface area contributed by atoms with Crippen molar-refractivity contribution in [3.63, 3.8) is 0 Å². The first-order valence-electron chi connectivity index (χ1n) is 0.898. The lowest BCUT2D eigenvalue weighted by molar-refractivity contribution is 0.611. The van der Waals surface area contributed by atoms with Crippen LogP contribution in [0.25, 0.3) is 0 Å². The van der Waals surface area contributed by atoms with Crippen molar-refractivity contribution in [1.29, 1.82) is 0 Å². The van der Waals surface area contributed by atoms with Gasteiger partial charge >= 0.3 is 10.2 Å². The highest BCUT2D eigenvalue weighted by molar-refractivity contribution is 7.92. The molecule has 1 rings (SSSR count). The van der Waals surface area contributed by atoms with E-state index in [-0.39, 0.29) is 0 Å². The molecule has 0 saturated carbocycles. The van der Waals surface area contributed by atoms with Gasteiger partial charge < -0.3 is 0 Å². The van der Waals surface area contributed by atoms with E-state index in [1.165, 1.54) is 0 Å². The molecule has 0 aromatic heterocycles. The Bertz CT molecular complexity index is 122. The predicted molar refractivity (Wildman–Crippen MR) is 13.8 cm³/mol. The Kier molecular flexibility index (Phi) is 0.224. The van der Waals surface area contributed by atoms with E-state index in [1.807, 2.05) is 0 Å². The molecule has 0 saturated heterocycles. The molecule has 0 aliphatic carbocycles. The van der Waals surface area contributed by atoms with Gasteiger partial charge in [0.15, 0.2) is 0 Å². The van der Waals surface area contributed by atoms with Crippen molar-refractivity contribution < 1.29 is 8.42 Å². The Morgan fingerprint density at radius 2 is 1.40 bits per heavy atom. The molecule has 4 nitrogen and oxygen atoms in total. The van der Waals surface area contributed by atoms with E-state index in [9.17, 15) is 8.42 Å². The maximum Gasteiger partial charge on any atom is 0.399 e. The molecule has 5 heavy (non-hydrogen) atoms. The molecular formula is N2O2S. The zero-order valence-electron chi connectivity index (χ0n) is 2.12. The molecule has 28 valence electrons. The van der Waals surface area contributed by atoms with Crippen molar-refractivity contribution >= 4 is 10.2 Å². The fraction of sp³-hybridized carbons (Fsp3) is 0. The van der Waals surface area contributed by atoms with Crippen LogP contribution in [0.1, 0.15) is 0 Å². The van der Waals surface area contributed by atoms with Crippen molar-refractivity contribution in [2.24, 2.45) is 9.04 Å². The van der Waals surface area contributed by atoms with Crippen molar-refractivity contribution in [1.82, 2.24) is 0 Å². The summed E-state index contributed by atoms with van der Waals surface area (Å²) in [6.07, 6.45) is 0. The average molecular weight is 92.1 g/mol. The fourth-order valence-electron chi connectivity index (χ4n) is 0.0272. The molecule has 0 unspecified atom stereocenters. The van der Waals surface area contributed by atoms with Crippen molar-refractivity contribution in [2.75, 3.05) is 0 Å². The van der Waals surface area contributed by atoms with Gasteiger partial charge in [-0.3, -0.25) is 0 Å². The quantitative estimate of drug-likeness (QED) is 0.411. The monoisotopic (exact) mass is 92.0 g/mol. The minimum Gasteiger partial charge on any atom is -0.176 e. The summed E-state index contributed by atoms with van der Waals surface area (Å²) < 4.78 is 24.1. The number of hydrogen-bond donors (Lipinski definition) is 0. The highest BCUT2D eigenvalue weighted by Gasteiger charge is 2.17. The van der Waals surface area contributed by atoms with Gasteiger partial charge in [-0.2, -0.15) is 8.42 Å². The smallest absolute Gasteiger partial charge is 0.176 e. The molecule has 1 aliphatic rings. The van der Waals surface area contributed by atoms with Gasteiger partial charge in [-0.25, -0.2) is 0 Å². The normalized spacial score (nSPS) is 26.4. The highest BCUT2D eigenvalue weighted by atomic mass is 32.2. The lowest BCUT2D eigenvalue weighted by Crippen LogP contribution is -1.60. The van der Waals surface area contributed by atoms with Crippen molar-refractivity contribution in [2.45, 2.75) is 0 Å². The van der Waals surface area contributed by atoms with Crippen LogP contribution in [-0.2, 0) is 10.2 Å². The average Bonchev–Trinajstić information content (AvgIpc) is 1.76. The maximum atomic E-state index is 9.41. The van der Waals surface area contributed by atoms with Crippen LogP contribution in [0.4, 0.5) is 0 Å². The van der Waals surface area contributed by atoms with E-state index >= 15 is 0 Å². The van der Waals surface area contributed by atoms with Crippen LogP contribution in [0.3, 0.4) is 0 Å². The summed E-state index contributed by atoms with van der Waals surface area (Å²) in [7, 11) is -3.17. The van der Waals surface area contributed by atoms with Crippen LogP contribution < -0.4 is 0 Å².